The van der Waals surface area contributed by atoms with Crippen molar-refractivity contribution in [2.45, 2.75) is 28.9 Å². The number of alkyl halides is 10. The maximum atomic E-state index is 13.2. The Hall–Kier alpha value is -1.36. The first kappa shape index (κ1) is 22.7. The Morgan fingerprint density at radius 2 is 0.885 bits per heavy atom. The first-order chi connectivity index (χ1) is 11.2. The largest absolute Gasteiger partial charge is 0.471 e. The Bertz CT molecular complexity index is 754. The van der Waals surface area contributed by atoms with Gasteiger partial charge >= 0.3 is 42.9 Å². The van der Waals surface area contributed by atoms with Gasteiger partial charge in [0.2, 0.25) is 0 Å². The third-order valence-corrected chi connectivity index (χ3v) is 7.12. The summed E-state index contributed by atoms with van der Waals surface area (Å²) in [5.41, 5.74) is 0. The van der Waals surface area contributed by atoms with Crippen molar-refractivity contribution in [3.05, 3.63) is 24.3 Å². The highest BCUT2D eigenvalue weighted by molar-refractivity contribution is 8.05. The van der Waals surface area contributed by atoms with Crippen LogP contribution in [-0.2, 0) is 20.0 Å². The number of halogens is 10. The van der Waals surface area contributed by atoms with Crippen LogP contribution in [0.5, 0.6) is 0 Å². The average Bonchev–Trinajstić information content (AvgIpc) is 2.88. The molecule has 0 bridgehead atoms. The smallest absolute Gasteiger partial charge is 0.204 e. The van der Waals surface area contributed by atoms with Gasteiger partial charge in [-0.3, -0.25) is 0 Å². The molecule has 5 nitrogen and oxygen atoms in total. The maximum absolute atomic E-state index is 13.2. The standard InChI is InChI=1S/C9H5F10NO4S2/c10-6(11,12)8(16,17)25(21,22)20(5-3-1-2-4-5)26(23,24)9(18,19)7(13,14)15/h1-5H. The molecule has 1 aliphatic rings. The number of hydrogen-bond donors (Lipinski definition) is 0. The fraction of sp³-hybridized carbons (Fsp3) is 0.556. The summed E-state index contributed by atoms with van der Waals surface area (Å²) in [5, 5.41) is -14.0. The van der Waals surface area contributed by atoms with E-state index in [1.807, 2.05) is 0 Å². The molecule has 0 amide bonds. The van der Waals surface area contributed by atoms with Crippen molar-refractivity contribution in [1.82, 2.24) is 3.71 Å². The minimum absolute atomic E-state index is 0.202. The molecule has 0 aromatic heterocycles. The van der Waals surface area contributed by atoms with Gasteiger partial charge in [0.1, 0.15) is 0 Å². The van der Waals surface area contributed by atoms with Gasteiger partial charge in [0.25, 0.3) is 0 Å². The molecular weight excluding hydrogens is 440 g/mol. The van der Waals surface area contributed by atoms with Crippen molar-refractivity contribution in [2.75, 3.05) is 0 Å². The van der Waals surface area contributed by atoms with E-state index < -0.39 is 52.7 Å². The van der Waals surface area contributed by atoms with Crippen LogP contribution in [0.3, 0.4) is 0 Å². The molecule has 0 fully saturated rings. The zero-order chi connectivity index (χ0) is 21.0. The molecule has 0 radical (unpaired) electrons. The second kappa shape index (κ2) is 6.08. The molecule has 1 rings (SSSR count). The summed E-state index contributed by atoms with van der Waals surface area (Å²) in [6, 6.07) is -2.80. The van der Waals surface area contributed by atoms with E-state index in [0.29, 0.717) is 12.2 Å². The summed E-state index contributed by atoms with van der Waals surface area (Å²) in [6.45, 7) is 0. The molecule has 1 aliphatic carbocycles. The van der Waals surface area contributed by atoms with E-state index in [0.717, 1.165) is 0 Å². The van der Waals surface area contributed by atoms with E-state index in [2.05, 4.69) is 0 Å². The lowest BCUT2D eigenvalue weighted by Crippen LogP contribution is -2.60. The Balaban J connectivity index is 3.80. The fourth-order valence-corrected chi connectivity index (χ4v) is 5.08. The lowest BCUT2D eigenvalue weighted by molar-refractivity contribution is -0.244. The van der Waals surface area contributed by atoms with Gasteiger partial charge in [0, 0.05) is 0 Å². The first-order valence-corrected chi connectivity index (χ1v) is 8.63. The molecule has 0 atom stereocenters. The molecule has 0 saturated heterocycles. The predicted octanol–water partition coefficient (Wildman–Crippen LogP) is 2.75. The number of allylic oxidation sites excluding steroid dienone is 2. The third kappa shape index (κ3) is 3.19. The minimum atomic E-state index is -7.64. The maximum Gasteiger partial charge on any atom is 0.471 e. The normalized spacial score (nSPS) is 18.1. The molecule has 0 spiro atoms. The monoisotopic (exact) mass is 445 g/mol. The van der Waals surface area contributed by atoms with E-state index in [9.17, 15) is 60.7 Å². The van der Waals surface area contributed by atoms with Crippen molar-refractivity contribution < 1.29 is 60.7 Å². The molecule has 0 aromatic carbocycles. The Morgan fingerprint density at radius 1 is 0.615 bits per heavy atom. The van der Waals surface area contributed by atoms with E-state index in [4.69, 9.17) is 0 Å². The van der Waals surface area contributed by atoms with Gasteiger partial charge in [-0.15, -0.1) is 0 Å². The fourth-order valence-electron chi connectivity index (χ4n) is 1.53. The van der Waals surface area contributed by atoms with Crippen LogP contribution >= 0.6 is 0 Å². The molecule has 0 aliphatic heterocycles. The molecule has 17 heteroatoms. The molecule has 152 valence electrons. The third-order valence-electron chi connectivity index (χ3n) is 2.75. The topological polar surface area (TPSA) is 71.5 Å². The van der Waals surface area contributed by atoms with E-state index in [1.54, 1.807) is 0 Å². The molecule has 0 aromatic rings. The Kier molecular flexibility index (Phi) is 5.30. The van der Waals surface area contributed by atoms with Gasteiger partial charge in [0.15, 0.2) is 0 Å². The van der Waals surface area contributed by atoms with Crippen molar-refractivity contribution in [1.29, 1.82) is 0 Å². The van der Waals surface area contributed by atoms with Gasteiger partial charge < -0.3 is 0 Å². The van der Waals surface area contributed by atoms with Gasteiger partial charge in [-0.25, -0.2) is 16.8 Å². The highest BCUT2D eigenvalue weighted by Crippen LogP contribution is 2.48. The minimum Gasteiger partial charge on any atom is -0.204 e. The van der Waals surface area contributed by atoms with Crippen molar-refractivity contribution in [2.24, 2.45) is 0 Å². The van der Waals surface area contributed by atoms with Crippen molar-refractivity contribution in [3.63, 3.8) is 0 Å². The summed E-state index contributed by atoms with van der Waals surface area (Å²) >= 11 is 0. The van der Waals surface area contributed by atoms with Crippen molar-refractivity contribution >= 4 is 20.0 Å². The van der Waals surface area contributed by atoms with Gasteiger partial charge in [0.05, 0.1) is 6.04 Å². The van der Waals surface area contributed by atoms with Crippen LogP contribution < -0.4 is 0 Å². The zero-order valence-electron chi connectivity index (χ0n) is 11.6. The van der Waals surface area contributed by atoms with Crippen LogP contribution in [0.2, 0.25) is 0 Å². The molecule has 0 saturated carbocycles. The van der Waals surface area contributed by atoms with Crippen LogP contribution in [0.4, 0.5) is 43.9 Å². The second-order valence-corrected chi connectivity index (χ2v) is 8.47. The van der Waals surface area contributed by atoms with Crippen LogP contribution in [0.1, 0.15) is 0 Å². The van der Waals surface area contributed by atoms with Gasteiger partial charge in [-0.2, -0.15) is 43.9 Å². The molecular formula is C9H5F10NO4S2. The summed E-state index contributed by atoms with van der Waals surface area (Å²) in [4.78, 5) is 0. The SMILES string of the molecule is O=S(=O)(N(C1C=CC=C1)S(=O)(=O)C(F)(F)C(F)(F)F)C(F)(F)C(F)(F)F. The number of rotatable bonds is 5. The zero-order valence-corrected chi connectivity index (χ0v) is 13.2. The molecule has 0 unspecified atom stereocenters. The Labute approximate surface area is 138 Å². The van der Waals surface area contributed by atoms with Gasteiger partial charge in [-0.05, 0) is 0 Å². The summed E-state index contributed by atoms with van der Waals surface area (Å²) in [5.74, 6) is 0. The molecule has 0 heterocycles. The van der Waals surface area contributed by atoms with E-state index in [1.165, 1.54) is 0 Å². The van der Waals surface area contributed by atoms with E-state index >= 15 is 0 Å². The summed E-state index contributed by atoms with van der Waals surface area (Å²) in [7, 11) is -15.3. The first-order valence-electron chi connectivity index (χ1n) is 5.75. The molecule has 26 heavy (non-hydrogen) atoms. The summed E-state index contributed by atoms with van der Waals surface area (Å²) in [6.07, 6.45) is -12.4. The predicted molar refractivity (Wildman–Crippen MR) is 63.8 cm³/mol. The number of sulfonamides is 2. The van der Waals surface area contributed by atoms with Crippen molar-refractivity contribution in [3.8, 4) is 0 Å². The summed E-state index contributed by atoms with van der Waals surface area (Å²) < 4.78 is 171. The lowest BCUT2D eigenvalue weighted by Gasteiger charge is -2.32. The number of hydrogen-bond acceptors (Lipinski definition) is 4. The van der Waals surface area contributed by atoms with Crippen LogP contribution in [-0.4, -0.2) is 49.4 Å². The number of nitrogens with zero attached hydrogens (tertiary/aromatic N) is 1. The highest BCUT2D eigenvalue weighted by Gasteiger charge is 2.76. The van der Waals surface area contributed by atoms with Crippen LogP contribution in [0.25, 0.3) is 0 Å². The highest BCUT2D eigenvalue weighted by atomic mass is 32.3. The molecule has 0 N–H and O–H groups in total. The van der Waals surface area contributed by atoms with Crippen LogP contribution in [0, 0.1) is 0 Å². The van der Waals surface area contributed by atoms with Crippen LogP contribution in [0.15, 0.2) is 24.3 Å². The second-order valence-electron chi connectivity index (χ2n) is 4.52. The lowest BCUT2D eigenvalue weighted by atomic mass is 10.4. The average molecular weight is 445 g/mol. The Morgan fingerprint density at radius 3 is 1.12 bits per heavy atom. The van der Waals surface area contributed by atoms with E-state index in [-0.39, 0.29) is 12.2 Å². The quantitative estimate of drug-likeness (QED) is 0.611. The van der Waals surface area contributed by atoms with Gasteiger partial charge in [-0.1, -0.05) is 28.0 Å².